The van der Waals surface area contributed by atoms with Crippen LogP contribution < -0.4 is 11.1 Å². The van der Waals surface area contributed by atoms with Gasteiger partial charge in [0.15, 0.2) is 0 Å². The Morgan fingerprint density at radius 1 is 1.28 bits per heavy atom. The van der Waals surface area contributed by atoms with Crippen LogP contribution in [0.25, 0.3) is 0 Å². The minimum Gasteiger partial charge on any atom is -0.394 e. The van der Waals surface area contributed by atoms with Crippen molar-refractivity contribution in [3.8, 4) is 0 Å². The van der Waals surface area contributed by atoms with Crippen LogP contribution in [0.5, 0.6) is 0 Å². The van der Waals surface area contributed by atoms with Gasteiger partial charge in [-0.3, -0.25) is 9.79 Å². The van der Waals surface area contributed by atoms with Gasteiger partial charge in [0.1, 0.15) is 11.5 Å². The average molecular weight is 354 g/mol. The van der Waals surface area contributed by atoms with Gasteiger partial charge < -0.3 is 11.1 Å². The number of anilines is 1. The maximum absolute atomic E-state index is 12.8. The van der Waals surface area contributed by atoms with E-state index in [1.807, 2.05) is 0 Å². The highest BCUT2D eigenvalue weighted by molar-refractivity contribution is 6.01. The molecule has 0 radical (unpaired) electrons. The molecule has 1 amide bonds. The third-order valence-electron chi connectivity index (χ3n) is 3.87. The first kappa shape index (κ1) is 19.0. The zero-order chi connectivity index (χ0) is 18.3. The number of pyridine rings is 1. The molecule has 1 saturated carbocycles. The normalized spacial score (nSPS) is 18.9. The third-order valence-corrected chi connectivity index (χ3v) is 3.87. The number of nitrogens with two attached hydrogens (primary N) is 1. The van der Waals surface area contributed by atoms with Gasteiger partial charge in [0.25, 0.3) is 0 Å². The number of aromatic nitrogens is 1. The van der Waals surface area contributed by atoms with Crippen LogP contribution in [0.4, 0.5) is 19.0 Å². The summed E-state index contributed by atoms with van der Waals surface area (Å²) in [6.07, 6.45) is -0.0239. The second kappa shape index (κ2) is 8.64. The number of allylic oxidation sites excluding steroid dienone is 2. The minimum absolute atomic E-state index is 0.108. The Kier molecular flexibility index (Phi) is 6.55. The van der Waals surface area contributed by atoms with E-state index in [1.165, 1.54) is 0 Å². The predicted octanol–water partition coefficient (Wildman–Crippen LogP) is 3.59. The molecule has 0 spiro atoms. The van der Waals surface area contributed by atoms with Gasteiger partial charge in [-0.1, -0.05) is 6.07 Å². The fourth-order valence-electron chi connectivity index (χ4n) is 2.62. The first-order valence-corrected chi connectivity index (χ1v) is 8.18. The van der Waals surface area contributed by atoms with Crippen molar-refractivity contribution in [2.75, 3.05) is 11.9 Å². The molecule has 0 saturated heterocycles. The quantitative estimate of drug-likeness (QED) is 0.793. The number of aliphatic imine (C=N–C) groups is 1. The molecular formula is C17H21F3N4O. The first-order chi connectivity index (χ1) is 11.9. The highest BCUT2D eigenvalue weighted by atomic mass is 19.4. The topological polar surface area (TPSA) is 80.4 Å². The monoisotopic (exact) mass is 354 g/mol. The minimum atomic E-state index is -4.53. The molecule has 1 heterocycles. The van der Waals surface area contributed by atoms with E-state index < -0.39 is 11.9 Å². The zero-order valence-electron chi connectivity index (χ0n) is 13.8. The lowest BCUT2D eigenvalue weighted by atomic mass is 9.91. The molecule has 2 rings (SSSR count). The summed E-state index contributed by atoms with van der Waals surface area (Å²) in [7, 11) is 0. The molecule has 136 valence electrons. The molecule has 3 N–H and O–H groups in total. The summed E-state index contributed by atoms with van der Waals surface area (Å²) in [5, 5.41) is 2.65. The number of hydrogen-bond acceptors (Lipinski definition) is 4. The van der Waals surface area contributed by atoms with Crippen LogP contribution in [-0.2, 0) is 4.79 Å². The number of alkyl halides is 3. The molecule has 1 aliphatic carbocycles. The molecular weight excluding hydrogens is 333 g/mol. The highest BCUT2D eigenvalue weighted by Crippen LogP contribution is 2.30. The zero-order valence-corrected chi connectivity index (χ0v) is 13.8. The molecule has 1 aliphatic rings. The Morgan fingerprint density at radius 3 is 2.72 bits per heavy atom. The van der Waals surface area contributed by atoms with E-state index in [2.05, 4.69) is 15.3 Å². The lowest BCUT2D eigenvalue weighted by Gasteiger charge is -2.20. The fourth-order valence-corrected chi connectivity index (χ4v) is 2.62. The van der Waals surface area contributed by atoms with Crippen LogP contribution >= 0.6 is 0 Å². The van der Waals surface area contributed by atoms with Crippen LogP contribution in [-0.4, -0.2) is 29.3 Å². The Morgan fingerprint density at radius 2 is 2.04 bits per heavy atom. The molecule has 0 aliphatic heterocycles. The van der Waals surface area contributed by atoms with Gasteiger partial charge in [0.05, 0.1) is 0 Å². The molecule has 8 heteroatoms. The Balaban J connectivity index is 1.88. The van der Waals surface area contributed by atoms with E-state index in [4.69, 9.17) is 5.73 Å². The number of hydrogen-bond donors (Lipinski definition) is 2. The molecule has 0 atom stereocenters. The van der Waals surface area contributed by atoms with Crippen LogP contribution in [0.1, 0.15) is 38.5 Å². The molecule has 25 heavy (non-hydrogen) atoms. The molecule has 1 aromatic heterocycles. The third kappa shape index (κ3) is 5.88. The number of carbonyl (C=O) groups excluding carboxylic acids is 1. The van der Waals surface area contributed by atoms with Crippen molar-refractivity contribution < 1.29 is 18.0 Å². The molecule has 0 bridgehead atoms. The van der Waals surface area contributed by atoms with Crippen molar-refractivity contribution in [1.82, 2.24) is 4.98 Å². The molecule has 0 unspecified atom stereocenters. The van der Waals surface area contributed by atoms with Crippen LogP contribution in [0.3, 0.4) is 0 Å². The van der Waals surface area contributed by atoms with Gasteiger partial charge in [0.2, 0.25) is 5.91 Å². The molecule has 1 aromatic rings. The van der Waals surface area contributed by atoms with E-state index >= 15 is 0 Å². The summed E-state index contributed by atoms with van der Waals surface area (Å²) >= 11 is 0. The smallest absolute Gasteiger partial charge is 0.394 e. The molecule has 5 nitrogen and oxygen atoms in total. The molecule has 0 aromatic carbocycles. The van der Waals surface area contributed by atoms with Gasteiger partial charge in [0, 0.05) is 30.4 Å². The largest absolute Gasteiger partial charge is 0.431 e. The number of amides is 1. The Bertz CT molecular complexity index is 654. The van der Waals surface area contributed by atoms with Crippen LogP contribution in [0.15, 0.2) is 40.7 Å². The standard InChI is InChI=1S/C17H21F3N4O/c18-17(19,20)16(21)12-6-1-2-7-13(12)22-11-5-9-15(25)24-14-8-3-4-10-23-14/h3-4,8,10H,1-2,5-7,9,11,21H2,(H,23,24,25). The predicted molar refractivity (Wildman–Crippen MR) is 90.1 cm³/mol. The fraction of sp³-hybridized carbons (Fsp3) is 0.471. The lowest BCUT2D eigenvalue weighted by molar-refractivity contribution is -0.116. The summed E-state index contributed by atoms with van der Waals surface area (Å²) in [4.78, 5) is 20.0. The second-order valence-corrected chi connectivity index (χ2v) is 5.79. The van der Waals surface area contributed by atoms with Gasteiger partial charge in [-0.15, -0.1) is 0 Å². The summed E-state index contributed by atoms with van der Waals surface area (Å²) in [5.74, 6) is 0.266. The lowest BCUT2D eigenvalue weighted by Crippen LogP contribution is -2.26. The van der Waals surface area contributed by atoms with Crippen molar-refractivity contribution in [1.29, 1.82) is 0 Å². The van der Waals surface area contributed by atoms with Gasteiger partial charge in [-0.05, 0) is 44.2 Å². The maximum Gasteiger partial charge on any atom is 0.431 e. The summed E-state index contributed by atoms with van der Waals surface area (Å²) < 4.78 is 38.4. The number of rotatable bonds is 5. The van der Waals surface area contributed by atoms with Gasteiger partial charge >= 0.3 is 6.18 Å². The molecule has 1 fully saturated rings. The van der Waals surface area contributed by atoms with Gasteiger partial charge in [-0.25, -0.2) is 4.98 Å². The van der Waals surface area contributed by atoms with E-state index in [-0.39, 0.29) is 17.9 Å². The first-order valence-electron chi connectivity index (χ1n) is 8.18. The van der Waals surface area contributed by atoms with Crippen molar-refractivity contribution >= 4 is 17.4 Å². The number of nitrogens with zero attached hydrogens (tertiary/aromatic N) is 2. The Hall–Kier alpha value is -2.38. The number of halogens is 3. The van der Waals surface area contributed by atoms with Crippen LogP contribution in [0.2, 0.25) is 0 Å². The summed E-state index contributed by atoms with van der Waals surface area (Å²) in [6.45, 7) is 0.291. The second-order valence-electron chi connectivity index (χ2n) is 5.79. The van der Waals surface area contributed by atoms with Crippen LogP contribution in [0, 0.1) is 0 Å². The highest BCUT2D eigenvalue weighted by Gasteiger charge is 2.35. The Labute approximate surface area is 144 Å². The maximum atomic E-state index is 12.8. The van der Waals surface area contributed by atoms with E-state index in [9.17, 15) is 18.0 Å². The SMILES string of the molecule is NC(=C1CCCCC1=NCCCC(=O)Nc1ccccn1)C(F)(F)F. The number of carbonyl (C=O) groups is 1. The van der Waals surface area contributed by atoms with Crippen molar-refractivity contribution in [3.05, 3.63) is 35.7 Å². The van der Waals surface area contributed by atoms with E-state index in [1.54, 1.807) is 24.4 Å². The van der Waals surface area contributed by atoms with Crippen molar-refractivity contribution in [3.63, 3.8) is 0 Å². The van der Waals surface area contributed by atoms with Crippen molar-refractivity contribution in [2.45, 2.75) is 44.7 Å². The number of nitrogens with one attached hydrogen (secondary N) is 1. The summed E-state index contributed by atoms with van der Waals surface area (Å²) in [5.41, 5.74) is 4.74. The van der Waals surface area contributed by atoms with Crippen molar-refractivity contribution in [2.24, 2.45) is 10.7 Å². The van der Waals surface area contributed by atoms with E-state index in [0.717, 1.165) is 6.42 Å². The average Bonchev–Trinajstić information content (AvgIpc) is 2.58. The van der Waals surface area contributed by atoms with Gasteiger partial charge in [-0.2, -0.15) is 13.2 Å². The summed E-state index contributed by atoms with van der Waals surface area (Å²) in [6, 6.07) is 5.18. The van der Waals surface area contributed by atoms with E-state index in [0.29, 0.717) is 43.8 Å².